The predicted octanol–water partition coefficient (Wildman–Crippen LogP) is 2.48. The number of para-hydroxylation sites is 1. The van der Waals surface area contributed by atoms with Crippen molar-refractivity contribution in [3.05, 3.63) is 59.9 Å². The third kappa shape index (κ3) is 3.81. The zero-order chi connectivity index (χ0) is 13.7. The van der Waals surface area contributed by atoms with Gasteiger partial charge in [-0.3, -0.25) is 9.78 Å². The van der Waals surface area contributed by atoms with Crippen molar-refractivity contribution in [3.8, 4) is 0 Å². The Morgan fingerprint density at radius 2 is 2.00 bits per heavy atom. The van der Waals surface area contributed by atoms with Crippen LogP contribution in [0.2, 0.25) is 0 Å². The minimum absolute atomic E-state index is 0.0298. The molecule has 0 saturated carbocycles. The number of aryl methyl sites for hydroxylation is 1. The Kier molecular flexibility index (Phi) is 4.13. The van der Waals surface area contributed by atoms with Gasteiger partial charge in [0.25, 0.3) is 0 Å². The summed E-state index contributed by atoms with van der Waals surface area (Å²) in [6, 6.07) is 11.6. The summed E-state index contributed by atoms with van der Waals surface area (Å²) in [5, 5.41) is 9.02. The summed E-state index contributed by atoms with van der Waals surface area (Å²) < 4.78 is 0. The fourth-order valence-corrected chi connectivity index (χ4v) is 1.96. The lowest BCUT2D eigenvalue weighted by molar-refractivity contribution is -0.135. The highest BCUT2D eigenvalue weighted by molar-refractivity contribution is 5.73. The van der Waals surface area contributed by atoms with Crippen LogP contribution in [-0.4, -0.2) is 22.6 Å². The Hall–Kier alpha value is -2.36. The molecule has 0 amide bonds. The van der Waals surface area contributed by atoms with Gasteiger partial charge in [0, 0.05) is 24.6 Å². The van der Waals surface area contributed by atoms with Gasteiger partial charge >= 0.3 is 5.97 Å². The smallest absolute Gasteiger partial charge is 0.323 e. The molecule has 0 aliphatic carbocycles. The second-order valence-electron chi connectivity index (χ2n) is 4.46. The van der Waals surface area contributed by atoms with E-state index in [9.17, 15) is 4.79 Å². The molecule has 0 bridgehead atoms. The maximum absolute atomic E-state index is 11.0. The van der Waals surface area contributed by atoms with Crippen LogP contribution in [0.3, 0.4) is 0 Å². The van der Waals surface area contributed by atoms with Crippen LogP contribution in [0.4, 0.5) is 5.69 Å². The second-order valence-corrected chi connectivity index (χ2v) is 4.46. The molecule has 19 heavy (non-hydrogen) atoms. The molecule has 2 aromatic rings. The molecule has 1 N–H and O–H groups in total. The fraction of sp³-hybridized carbons (Fsp3) is 0.200. The van der Waals surface area contributed by atoms with E-state index in [1.165, 1.54) is 0 Å². The number of hydrogen-bond acceptors (Lipinski definition) is 3. The van der Waals surface area contributed by atoms with Crippen LogP contribution in [0, 0.1) is 6.92 Å². The minimum atomic E-state index is -0.843. The molecule has 0 radical (unpaired) electrons. The van der Waals surface area contributed by atoms with Crippen molar-refractivity contribution in [2.24, 2.45) is 0 Å². The van der Waals surface area contributed by atoms with Crippen LogP contribution in [0.1, 0.15) is 11.1 Å². The molecular weight excluding hydrogens is 240 g/mol. The summed E-state index contributed by atoms with van der Waals surface area (Å²) in [6.45, 7) is 2.48. The summed E-state index contributed by atoms with van der Waals surface area (Å²) in [7, 11) is 0. The first-order chi connectivity index (χ1) is 9.15. The van der Waals surface area contributed by atoms with Crippen LogP contribution in [0.25, 0.3) is 0 Å². The number of aromatic nitrogens is 1. The molecule has 1 aromatic carbocycles. The Morgan fingerprint density at radius 3 is 2.63 bits per heavy atom. The number of benzene rings is 1. The second kappa shape index (κ2) is 6.00. The highest BCUT2D eigenvalue weighted by atomic mass is 16.4. The maximum atomic E-state index is 11.0. The van der Waals surface area contributed by atoms with Crippen LogP contribution < -0.4 is 4.90 Å². The zero-order valence-corrected chi connectivity index (χ0v) is 10.8. The molecule has 4 heteroatoms. The Labute approximate surface area is 112 Å². The monoisotopic (exact) mass is 256 g/mol. The third-order valence-corrected chi connectivity index (χ3v) is 2.75. The summed E-state index contributed by atoms with van der Waals surface area (Å²) in [6.07, 6.45) is 3.55. The van der Waals surface area contributed by atoms with Crippen molar-refractivity contribution in [2.45, 2.75) is 13.5 Å². The first kappa shape index (κ1) is 13.1. The van der Waals surface area contributed by atoms with Crippen LogP contribution in [0.5, 0.6) is 0 Å². The van der Waals surface area contributed by atoms with Crippen LogP contribution >= 0.6 is 0 Å². The summed E-state index contributed by atoms with van der Waals surface area (Å²) in [5.41, 5.74) is 2.97. The highest BCUT2D eigenvalue weighted by Crippen LogP contribution is 2.16. The van der Waals surface area contributed by atoms with Gasteiger partial charge in [0.2, 0.25) is 0 Å². The van der Waals surface area contributed by atoms with E-state index in [4.69, 9.17) is 5.11 Å². The van der Waals surface area contributed by atoms with Crippen molar-refractivity contribution in [2.75, 3.05) is 11.4 Å². The van der Waals surface area contributed by atoms with Gasteiger partial charge in [-0.05, 0) is 30.2 Å². The molecule has 0 atom stereocenters. The average molecular weight is 256 g/mol. The lowest BCUT2D eigenvalue weighted by atomic mass is 10.2. The predicted molar refractivity (Wildman–Crippen MR) is 74.1 cm³/mol. The molecule has 4 nitrogen and oxygen atoms in total. The number of carboxylic acids is 1. The van der Waals surface area contributed by atoms with E-state index in [0.717, 1.165) is 16.8 Å². The summed E-state index contributed by atoms with van der Waals surface area (Å²) in [5.74, 6) is -0.843. The van der Waals surface area contributed by atoms with Crippen molar-refractivity contribution < 1.29 is 9.90 Å². The van der Waals surface area contributed by atoms with Gasteiger partial charge in [0.15, 0.2) is 0 Å². The molecule has 0 aliphatic heterocycles. The van der Waals surface area contributed by atoms with E-state index >= 15 is 0 Å². The zero-order valence-electron chi connectivity index (χ0n) is 10.8. The van der Waals surface area contributed by atoms with E-state index in [0.29, 0.717) is 6.54 Å². The van der Waals surface area contributed by atoms with Gasteiger partial charge in [-0.2, -0.15) is 0 Å². The molecule has 0 spiro atoms. The molecule has 0 aliphatic rings. The minimum Gasteiger partial charge on any atom is -0.480 e. The summed E-state index contributed by atoms with van der Waals surface area (Å²) in [4.78, 5) is 16.9. The molecule has 0 saturated heterocycles. The van der Waals surface area contributed by atoms with Gasteiger partial charge in [-0.15, -0.1) is 0 Å². The number of anilines is 1. The molecule has 0 unspecified atom stereocenters. The van der Waals surface area contributed by atoms with Gasteiger partial charge in [0.05, 0.1) is 0 Å². The molecule has 1 aromatic heterocycles. The number of nitrogens with zero attached hydrogens (tertiary/aromatic N) is 2. The van der Waals surface area contributed by atoms with E-state index < -0.39 is 5.97 Å². The van der Waals surface area contributed by atoms with E-state index in [2.05, 4.69) is 4.98 Å². The Morgan fingerprint density at radius 1 is 1.26 bits per heavy atom. The Bertz CT molecular complexity index is 555. The first-order valence-corrected chi connectivity index (χ1v) is 6.07. The van der Waals surface area contributed by atoms with Crippen molar-refractivity contribution >= 4 is 11.7 Å². The standard InChI is InChI=1S/C15H16N2O2/c1-12-7-13(9-16-8-12)10-17(11-15(18)19)14-5-3-2-4-6-14/h2-9H,10-11H2,1H3,(H,18,19). The Balaban J connectivity index is 2.21. The van der Waals surface area contributed by atoms with Gasteiger partial charge in [0.1, 0.15) is 6.54 Å². The topological polar surface area (TPSA) is 53.4 Å². The van der Waals surface area contributed by atoms with Gasteiger partial charge in [-0.1, -0.05) is 24.3 Å². The normalized spacial score (nSPS) is 10.2. The first-order valence-electron chi connectivity index (χ1n) is 6.07. The molecule has 98 valence electrons. The van der Waals surface area contributed by atoms with Crippen molar-refractivity contribution in [1.29, 1.82) is 0 Å². The fourth-order valence-electron chi connectivity index (χ4n) is 1.96. The van der Waals surface area contributed by atoms with E-state index in [-0.39, 0.29) is 6.54 Å². The molecule has 2 rings (SSSR count). The maximum Gasteiger partial charge on any atom is 0.323 e. The van der Waals surface area contributed by atoms with Crippen molar-refractivity contribution in [1.82, 2.24) is 4.98 Å². The molecular formula is C15H16N2O2. The number of aliphatic carboxylic acids is 1. The lowest BCUT2D eigenvalue weighted by Gasteiger charge is -2.22. The van der Waals surface area contributed by atoms with E-state index in [1.54, 1.807) is 12.4 Å². The number of carboxylic acid groups (broad SMARTS) is 1. The summed E-state index contributed by atoms with van der Waals surface area (Å²) >= 11 is 0. The molecule has 1 heterocycles. The number of hydrogen-bond donors (Lipinski definition) is 1. The third-order valence-electron chi connectivity index (χ3n) is 2.75. The van der Waals surface area contributed by atoms with E-state index in [1.807, 2.05) is 48.2 Å². The molecule has 0 fully saturated rings. The van der Waals surface area contributed by atoms with Crippen LogP contribution in [-0.2, 0) is 11.3 Å². The largest absolute Gasteiger partial charge is 0.480 e. The van der Waals surface area contributed by atoms with Crippen molar-refractivity contribution in [3.63, 3.8) is 0 Å². The van der Waals surface area contributed by atoms with Gasteiger partial charge in [-0.25, -0.2) is 0 Å². The lowest BCUT2D eigenvalue weighted by Crippen LogP contribution is -2.29. The average Bonchev–Trinajstić information content (AvgIpc) is 2.38. The SMILES string of the molecule is Cc1cncc(CN(CC(=O)O)c2ccccc2)c1. The van der Waals surface area contributed by atoms with Gasteiger partial charge < -0.3 is 10.0 Å². The van der Waals surface area contributed by atoms with Crippen LogP contribution in [0.15, 0.2) is 48.8 Å². The quantitative estimate of drug-likeness (QED) is 0.893. The number of carbonyl (C=O) groups is 1. The number of rotatable bonds is 5. The number of pyridine rings is 1. The highest BCUT2D eigenvalue weighted by Gasteiger charge is 2.11.